The second-order valence-electron chi connectivity index (χ2n) is 21.0. The topological polar surface area (TPSA) is 46.5 Å². The third kappa shape index (κ3) is 6.95. The van der Waals surface area contributed by atoms with E-state index >= 15 is 0 Å². The summed E-state index contributed by atoms with van der Waals surface area (Å²) in [4.78, 5) is 4.57. The molecule has 16 aromatic rings. The van der Waals surface area contributed by atoms with E-state index in [0.29, 0.717) is 5.56 Å². The SMILES string of the molecule is Cc1ccc2c(c1)c1ccccc1n2-c1ccc(-c2c(-c3cccc4sc5ccccc5c34)c(C#N)c(-c3ccncc3)c(-c3cccc4sc5ccccc5c34)c2-c2ccc(-n3c4ccccc4c4cc(C)ccc43)cc2)cc1. The number of thiophene rings is 2. The monoisotopic (exact) mass is 1050 g/mol. The molecule has 80 heavy (non-hydrogen) atoms. The smallest absolute Gasteiger partial charge is 0.100 e. The highest BCUT2D eigenvalue weighted by Crippen LogP contribution is 2.56. The van der Waals surface area contributed by atoms with Gasteiger partial charge in [0.1, 0.15) is 6.07 Å². The minimum absolute atomic E-state index is 0.614. The molecular weight excluding hydrogens is 1010 g/mol. The Morgan fingerprint density at radius 3 is 1.26 bits per heavy atom. The first-order chi connectivity index (χ1) is 39.5. The van der Waals surface area contributed by atoms with E-state index in [1.807, 2.05) is 23.7 Å². The summed E-state index contributed by atoms with van der Waals surface area (Å²) in [5.41, 5.74) is 19.7. The van der Waals surface area contributed by atoms with E-state index in [2.05, 4.69) is 265 Å². The molecule has 374 valence electrons. The van der Waals surface area contributed by atoms with Crippen molar-refractivity contribution in [2.45, 2.75) is 13.8 Å². The van der Waals surface area contributed by atoms with Crippen molar-refractivity contribution >= 4 is 107 Å². The van der Waals surface area contributed by atoms with Crippen LogP contribution in [0.4, 0.5) is 0 Å². The number of aromatic nitrogens is 3. The molecule has 0 N–H and O–H groups in total. The van der Waals surface area contributed by atoms with Gasteiger partial charge in [-0.3, -0.25) is 4.98 Å². The van der Waals surface area contributed by atoms with Crippen molar-refractivity contribution in [3.8, 4) is 73.1 Å². The number of benzene rings is 11. The quantitative estimate of drug-likeness (QED) is 0.160. The number of fused-ring (bicyclic) bond motifs is 12. The Labute approximate surface area is 469 Å². The number of pyridine rings is 1. The van der Waals surface area contributed by atoms with E-state index in [9.17, 15) is 5.26 Å². The number of rotatable bonds is 7. The first-order valence-electron chi connectivity index (χ1n) is 27.1. The average molecular weight is 1060 g/mol. The molecule has 11 aromatic carbocycles. The van der Waals surface area contributed by atoms with Gasteiger partial charge >= 0.3 is 0 Å². The Kier molecular flexibility index (Phi) is 10.5. The lowest BCUT2D eigenvalue weighted by molar-refractivity contribution is 1.18. The standard InChI is InChI=1S/C74H46N4S2/c1-44-25-35-62-57(41-44)51-13-3-7-19-60(51)77(62)49-31-27-46(28-32-49)69-70(47-29-33-50(34-30-47)78-61-20-8-4-14-52(61)58-42-45(2)26-36-63(58)78)74(56-18-12-24-67-72(56)54-16-6-10-22-65(54)80-67)68(48-37-39-76-40-38-48)59(43-75)73(69)55-17-11-23-66-71(55)53-15-5-9-21-64(53)79-66/h3-42H,1-2H3. The summed E-state index contributed by atoms with van der Waals surface area (Å²) in [5.74, 6) is 0. The van der Waals surface area contributed by atoms with E-state index in [0.717, 1.165) is 94.5 Å². The minimum Gasteiger partial charge on any atom is -0.309 e. The molecule has 0 aliphatic rings. The Morgan fingerprint density at radius 2 is 0.762 bits per heavy atom. The van der Waals surface area contributed by atoms with Crippen LogP contribution in [0.2, 0.25) is 0 Å². The van der Waals surface area contributed by atoms with Gasteiger partial charge in [0.2, 0.25) is 0 Å². The van der Waals surface area contributed by atoms with E-state index in [1.54, 1.807) is 11.3 Å². The van der Waals surface area contributed by atoms with Crippen molar-refractivity contribution in [3.63, 3.8) is 0 Å². The lowest BCUT2D eigenvalue weighted by Crippen LogP contribution is -2.03. The number of nitriles is 1. The molecule has 0 aliphatic heterocycles. The predicted octanol–water partition coefficient (Wildman–Crippen LogP) is 20.8. The maximum absolute atomic E-state index is 12.4. The van der Waals surface area contributed by atoms with E-state index in [1.165, 1.54) is 67.6 Å². The number of nitrogens with zero attached hydrogens (tertiary/aromatic N) is 4. The van der Waals surface area contributed by atoms with Crippen molar-refractivity contribution in [2.75, 3.05) is 0 Å². The van der Waals surface area contributed by atoms with Crippen LogP contribution in [0, 0.1) is 25.2 Å². The summed E-state index contributed by atoms with van der Waals surface area (Å²) in [7, 11) is 0. The Balaban J connectivity index is 1.08. The van der Waals surface area contributed by atoms with Crippen molar-refractivity contribution < 1.29 is 0 Å². The molecule has 0 fully saturated rings. The van der Waals surface area contributed by atoms with Crippen molar-refractivity contribution in [2.24, 2.45) is 0 Å². The minimum atomic E-state index is 0.614. The van der Waals surface area contributed by atoms with Gasteiger partial charge in [-0.15, -0.1) is 22.7 Å². The number of para-hydroxylation sites is 2. The molecule has 0 saturated heterocycles. The van der Waals surface area contributed by atoms with Crippen molar-refractivity contribution in [1.29, 1.82) is 5.26 Å². The molecule has 0 aliphatic carbocycles. The highest BCUT2D eigenvalue weighted by Gasteiger charge is 2.31. The Bertz CT molecular complexity index is 5260. The molecule has 0 spiro atoms. The summed E-state index contributed by atoms with van der Waals surface area (Å²) in [6.45, 7) is 4.33. The summed E-state index contributed by atoms with van der Waals surface area (Å²) >= 11 is 3.61. The van der Waals surface area contributed by atoms with Gasteiger partial charge in [-0.2, -0.15) is 5.26 Å². The van der Waals surface area contributed by atoms with Crippen LogP contribution in [0.5, 0.6) is 0 Å². The van der Waals surface area contributed by atoms with Gasteiger partial charge in [0, 0.05) is 96.8 Å². The highest BCUT2D eigenvalue weighted by molar-refractivity contribution is 7.26. The zero-order valence-electron chi connectivity index (χ0n) is 43.7. The summed E-state index contributed by atoms with van der Waals surface area (Å²) in [6, 6.07) is 87.3. The molecule has 0 radical (unpaired) electrons. The van der Waals surface area contributed by atoms with Gasteiger partial charge < -0.3 is 9.13 Å². The maximum Gasteiger partial charge on any atom is 0.100 e. The zero-order chi connectivity index (χ0) is 53.2. The summed E-state index contributed by atoms with van der Waals surface area (Å²) in [5, 5.41) is 22.0. The van der Waals surface area contributed by atoms with E-state index < -0.39 is 0 Å². The second-order valence-corrected chi connectivity index (χ2v) is 23.2. The summed E-state index contributed by atoms with van der Waals surface area (Å²) < 4.78 is 9.58. The van der Waals surface area contributed by atoms with Crippen LogP contribution in [-0.2, 0) is 0 Å². The van der Waals surface area contributed by atoms with Crippen LogP contribution < -0.4 is 0 Å². The van der Waals surface area contributed by atoms with Gasteiger partial charge in [-0.05, 0) is 155 Å². The largest absolute Gasteiger partial charge is 0.309 e. The molecule has 0 bridgehead atoms. The number of hydrogen-bond donors (Lipinski definition) is 0. The molecule has 0 saturated carbocycles. The molecule has 16 rings (SSSR count). The fourth-order valence-electron chi connectivity index (χ4n) is 13.0. The molecule has 5 heterocycles. The fraction of sp³-hybridized carbons (Fsp3) is 0.0270. The summed E-state index contributed by atoms with van der Waals surface area (Å²) in [6.07, 6.45) is 3.72. The van der Waals surface area contributed by atoms with Crippen LogP contribution >= 0.6 is 22.7 Å². The van der Waals surface area contributed by atoms with E-state index in [-0.39, 0.29) is 0 Å². The maximum atomic E-state index is 12.4. The molecule has 0 atom stereocenters. The lowest BCUT2D eigenvalue weighted by Gasteiger charge is -2.27. The van der Waals surface area contributed by atoms with Crippen LogP contribution in [0.3, 0.4) is 0 Å². The van der Waals surface area contributed by atoms with Crippen LogP contribution in [0.25, 0.3) is 151 Å². The lowest BCUT2D eigenvalue weighted by atomic mass is 9.75. The van der Waals surface area contributed by atoms with Gasteiger partial charge in [0.25, 0.3) is 0 Å². The van der Waals surface area contributed by atoms with Crippen LogP contribution in [0.1, 0.15) is 16.7 Å². The predicted molar refractivity (Wildman–Crippen MR) is 340 cm³/mol. The van der Waals surface area contributed by atoms with Crippen LogP contribution in [0.15, 0.2) is 243 Å². The first-order valence-corrected chi connectivity index (χ1v) is 28.7. The molecular formula is C74H46N4S2. The van der Waals surface area contributed by atoms with Gasteiger partial charge in [-0.25, -0.2) is 0 Å². The van der Waals surface area contributed by atoms with Crippen LogP contribution in [-0.4, -0.2) is 14.1 Å². The Morgan fingerprint density at radius 1 is 0.350 bits per heavy atom. The molecule has 0 unspecified atom stereocenters. The molecule has 6 heteroatoms. The molecule has 4 nitrogen and oxygen atoms in total. The van der Waals surface area contributed by atoms with Crippen molar-refractivity contribution in [1.82, 2.24) is 14.1 Å². The highest BCUT2D eigenvalue weighted by atomic mass is 32.1. The number of aryl methyl sites for hydroxylation is 2. The second kappa shape index (κ2) is 18.1. The molecule has 0 amide bonds. The number of hydrogen-bond acceptors (Lipinski definition) is 4. The molecule has 5 aromatic heterocycles. The zero-order valence-corrected chi connectivity index (χ0v) is 45.3. The third-order valence-corrected chi connectivity index (χ3v) is 18.7. The third-order valence-electron chi connectivity index (χ3n) is 16.4. The Hall–Kier alpha value is -9.90. The van der Waals surface area contributed by atoms with Crippen molar-refractivity contribution in [3.05, 3.63) is 260 Å². The fourth-order valence-corrected chi connectivity index (χ4v) is 15.3. The average Bonchev–Trinajstić information content (AvgIpc) is 4.34. The normalized spacial score (nSPS) is 11.9. The van der Waals surface area contributed by atoms with Gasteiger partial charge in [0.05, 0.1) is 27.6 Å². The van der Waals surface area contributed by atoms with E-state index in [4.69, 9.17) is 0 Å². The first kappa shape index (κ1) is 46.2. The van der Waals surface area contributed by atoms with Gasteiger partial charge in [0.15, 0.2) is 0 Å². The van der Waals surface area contributed by atoms with Gasteiger partial charge in [-0.1, -0.05) is 145 Å².